The minimum absolute atomic E-state index is 0.226. The van der Waals surface area contributed by atoms with Gasteiger partial charge in [0, 0.05) is 16.7 Å². The summed E-state index contributed by atoms with van der Waals surface area (Å²) in [4.78, 5) is 0. The van der Waals surface area contributed by atoms with Crippen LogP contribution in [0.15, 0.2) is 22.7 Å². The fraction of sp³-hybridized carbons (Fsp3) is 0.400. The van der Waals surface area contributed by atoms with Gasteiger partial charge in [0.2, 0.25) is 0 Å². The van der Waals surface area contributed by atoms with Gasteiger partial charge in [-0.25, -0.2) is 0 Å². The number of anilines is 1. The van der Waals surface area contributed by atoms with Crippen molar-refractivity contribution in [3.05, 3.63) is 28.2 Å². The first kappa shape index (κ1) is 11.5. The molecule has 14 heavy (non-hydrogen) atoms. The van der Waals surface area contributed by atoms with Crippen LogP contribution in [-0.4, -0.2) is 29.5 Å². The quantitative estimate of drug-likeness (QED) is 0.769. The fourth-order valence-corrected chi connectivity index (χ4v) is 1.45. The van der Waals surface area contributed by atoms with Crippen molar-refractivity contribution in [2.24, 2.45) is 0 Å². The fourth-order valence-electron chi connectivity index (χ4n) is 1.07. The molecule has 0 saturated heterocycles. The molecule has 0 amide bonds. The number of hydrogen-bond acceptors (Lipinski definition) is 3. The Bertz CT molecular complexity index is 304. The summed E-state index contributed by atoms with van der Waals surface area (Å²) in [6, 6.07) is 5.93. The molecule has 1 aromatic rings. The molecule has 3 nitrogen and oxygen atoms in total. The Balaban J connectivity index is 2.62. The summed E-state index contributed by atoms with van der Waals surface area (Å²) in [6.07, 6.45) is -0.720. The number of rotatable bonds is 4. The van der Waals surface area contributed by atoms with Crippen LogP contribution >= 0.6 is 15.9 Å². The molecule has 0 aliphatic heterocycles. The van der Waals surface area contributed by atoms with Gasteiger partial charge < -0.3 is 15.5 Å². The Hall–Kier alpha value is -0.580. The van der Waals surface area contributed by atoms with Crippen molar-refractivity contribution in [1.82, 2.24) is 0 Å². The van der Waals surface area contributed by atoms with Crippen molar-refractivity contribution in [1.29, 1.82) is 0 Å². The van der Waals surface area contributed by atoms with Crippen molar-refractivity contribution >= 4 is 21.6 Å². The third kappa shape index (κ3) is 3.29. The number of halogens is 1. The highest BCUT2D eigenvalue weighted by molar-refractivity contribution is 9.10. The zero-order chi connectivity index (χ0) is 10.6. The topological polar surface area (TPSA) is 52.5 Å². The maximum atomic E-state index is 9.15. The minimum atomic E-state index is -0.720. The summed E-state index contributed by atoms with van der Waals surface area (Å²) in [6.45, 7) is 2.12. The van der Waals surface area contributed by atoms with E-state index in [1.54, 1.807) is 0 Å². The number of nitrogens with one attached hydrogen (secondary N) is 1. The molecule has 3 N–H and O–H groups in total. The van der Waals surface area contributed by atoms with E-state index in [2.05, 4.69) is 21.2 Å². The Morgan fingerprint density at radius 1 is 1.50 bits per heavy atom. The van der Waals surface area contributed by atoms with E-state index in [1.807, 2.05) is 25.1 Å². The van der Waals surface area contributed by atoms with E-state index in [-0.39, 0.29) is 6.61 Å². The van der Waals surface area contributed by atoms with E-state index in [1.165, 1.54) is 0 Å². The zero-order valence-electron chi connectivity index (χ0n) is 8.00. The average Bonchev–Trinajstić information content (AvgIpc) is 2.19. The van der Waals surface area contributed by atoms with Crippen molar-refractivity contribution in [2.45, 2.75) is 13.0 Å². The highest BCUT2D eigenvalue weighted by Crippen LogP contribution is 2.23. The Labute approximate surface area is 91.9 Å². The SMILES string of the molecule is Cc1ccc(Br)c(NCC(O)CO)c1. The number of aliphatic hydroxyl groups excluding tert-OH is 2. The van der Waals surface area contributed by atoms with E-state index in [0.717, 1.165) is 15.7 Å². The summed E-state index contributed by atoms with van der Waals surface area (Å²) in [5.74, 6) is 0. The third-order valence-corrected chi connectivity index (χ3v) is 2.55. The van der Waals surface area contributed by atoms with Crippen LogP contribution < -0.4 is 5.32 Å². The molecule has 4 heteroatoms. The molecule has 0 aliphatic carbocycles. The number of aryl methyl sites for hydroxylation is 1. The second-order valence-corrected chi connectivity index (χ2v) is 4.05. The molecule has 1 rings (SSSR count). The average molecular weight is 260 g/mol. The number of hydrogen-bond donors (Lipinski definition) is 3. The molecule has 0 spiro atoms. The zero-order valence-corrected chi connectivity index (χ0v) is 9.58. The van der Waals surface area contributed by atoms with Gasteiger partial charge in [0.25, 0.3) is 0 Å². The first-order valence-corrected chi connectivity index (χ1v) is 5.21. The number of aliphatic hydroxyl groups is 2. The van der Waals surface area contributed by atoms with Crippen LogP contribution in [0.5, 0.6) is 0 Å². The molecule has 0 aromatic heterocycles. The second-order valence-electron chi connectivity index (χ2n) is 3.20. The molecule has 0 radical (unpaired) electrons. The lowest BCUT2D eigenvalue weighted by molar-refractivity contribution is 0.105. The molecule has 78 valence electrons. The van der Waals surface area contributed by atoms with E-state index >= 15 is 0 Å². The highest BCUT2D eigenvalue weighted by Gasteiger charge is 2.03. The van der Waals surface area contributed by atoms with Gasteiger partial charge in [-0.2, -0.15) is 0 Å². The van der Waals surface area contributed by atoms with Crippen molar-refractivity contribution in [2.75, 3.05) is 18.5 Å². The first-order chi connectivity index (χ1) is 6.63. The van der Waals surface area contributed by atoms with Gasteiger partial charge >= 0.3 is 0 Å². The third-order valence-electron chi connectivity index (χ3n) is 1.86. The predicted octanol–water partition coefficient (Wildman–Crippen LogP) is 1.52. The Morgan fingerprint density at radius 2 is 2.21 bits per heavy atom. The van der Waals surface area contributed by atoms with E-state index < -0.39 is 6.10 Å². The lowest BCUT2D eigenvalue weighted by Gasteiger charge is -2.12. The maximum Gasteiger partial charge on any atom is 0.0942 e. The summed E-state index contributed by atoms with van der Waals surface area (Å²) < 4.78 is 0.952. The molecule has 1 atom stereocenters. The molecular formula is C10H14BrNO2. The number of benzene rings is 1. The second kappa shape index (κ2) is 5.34. The first-order valence-electron chi connectivity index (χ1n) is 4.42. The van der Waals surface area contributed by atoms with Crippen LogP contribution in [0.2, 0.25) is 0 Å². The Kier molecular flexibility index (Phi) is 4.38. The molecule has 1 unspecified atom stereocenters. The van der Waals surface area contributed by atoms with E-state index in [0.29, 0.717) is 6.54 Å². The van der Waals surface area contributed by atoms with Crippen molar-refractivity contribution < 1.29 is 10.2 Å². The van der Waals surface area contributed by atoms with E-state index in [4.69, 9.17) is 10.2 Å². The van der Waals surface area contributed by atoms with E-state index in [9.17, 15) is 0 Å². The van der Waals surface area contributed by atoms with Crippen LogP contribution in [0.25, 0.3) is 0 Å². The normalized spacial score (nSPS) is 12.6. The minimum Gasteiger partial charge on any atom is -0.394 e. The maximum absolute atomic E-state index is 9.15. The molecule has 0 heterocycles. The van der Waals surface area contributed by atoms with Gasteiger partial charge in [0.15, 0.2) is 0 Å². The lowest BCUT2D eigenvalue weighted by Crippen LogP contribution is -2.23. The predicted molar refractivity (Wildman–Crippen MR) is 60.5 cm³/mol. The van der Waals surface area contributed by atoms with Gasteiger partial charge in [-0.05, 0) is 40.5 Å². The summed E-state index contributed by atoms with van der Waals surface area (Å²) >= 11 is 3.40. The van der Waals surface area contributed by atoms with Gasteiger partial charge in [-0.3, -0.25) is 0 Å². The van der Waals surface area contributed by atoms with Crippen LogP contribution in [0.3, 0.4) is 0 Å². The lowest BCUT2D eigenvalue weighted by atomic mass is 10.2. The molecule has 1 aromatic carbocycles. The standard InChI is InChI=1S/C10H14BrNO2/c1-7-2-3-9(11)10(4-7)12-5-8(14)6-13/h2-4,8,12-14H,5-6H2,1H3. The molecule has 0 aliphatic rings. The van der Waals surface area contributed by atoms with Gasteiger partial charge in [-0.15, -0.1) is 0 Å². The summed E-state index contributed by atoms with van der Waals surface area (Å²) in [7, 11) is 0. The van der Waals surface area contributed by atoms with Gasteiger partial charge in [-0.1, -0.05) is 6.07 Å². The summed E-state index contributed by atoms with van der Waals surface area (Å²) in [5.41, 5.74) is 2.08. The molecule has 0 bridgehead atoms. The monoisotopic (exact) mass is 259 g/mol. The molecule has 0 fully saturated rings. The van der Waals surface area contributed by atoms with Crippen molar-refractivity contribution in [3.63, 3.8) is 0 Å². The van der Waals surface area contributed by atoms with Gasteiger partial charge in [0.1, 0.15) is 0 Å². The van der Waals surface area contributed by atoms with Crippen LogP contribution in [0.1, 0.15) is 5.56 Å². The molecule has 0 saturated carbocycles. The van der Waals surface area contributed by atoms with Gasteiger partial charge in [0.05, 0.1) is 12.7 Å². The largest absolute Gasteiger partial charge is 0.394 e. The Morgan fingerprint density at radius 3 is 2.86 bits per heavy atom. The molecular weight excluding hydrogens is 246 g/mol. The highest BCUT2D eigenvalue weighted by atomic mass is 79.9. The summed E-state index contributed by atoms with van der Waals surface area (Å²) in [5, 5.41) is 20.8. The van der Waals surface area contributed by atoms with Crippen LogP contribution in [0, 0.1) is 6.92 Å². The van der Waals surface area contributed by atoms with Crippen molar-refractivity contribution in [3.8, 4) is 0 Å². The smallest absolute Gasteiger partial charge is 0.0942 e. The van der Waals surface area contributed by atoms with Crippen LogP contribution in [0.4, 0.5) is 5.69 Å². The van der Waals surface area contributed by atoms with Crippen LogP contribution in [-0.2, 0) is 0 Å².